The first kappa shape index (κ1) is 17.3. The molecule has 2 N–H and O–H groups in total. The number of ether oxygens (including phenoxy) is 2. The van der Waals surface area contributed by atoms with Crippen LogP contribution in [0.4, 0.5) is 4.39 Å². The molecule has 0 atom stereocenters. The second kappa shape index (κ2) is 8.52. The van der Waals surface area contributed by atoms with E-state index >= 15 is 0 Å². The lowest BCUT2D eigenvalue weighted by molar-refractivity contribution is -0.123. The fraction of sp³-hybridized carbons (Fsp3) is 0.176. The standard InChI is InChI=1S/C17H17FN2O4/c1-2-23-13-9-7-12(8-10-13)17(22)20-19-16(21)11-24-15-6-4-3-5-14(15)18/h3-10H,2,11H2,1H3,(H,19,21)(H,20,22). The van der Waals surface area contributed by atoms with Gasteiger partial charge in [-0.3, -0.25) is 20.4 Å². The van der Waals surface area contributed by atoms with Crippen molar-refractivity contribution in [2.24, 2.45) is 0 Å². The summed E-state index contributed by atoms with van der Waals surface area (Å²) in [7, 11) is 0. The van der Waals surface area contributed by atoms with E-state index in [0.717, 1.165) is 0 Å². The SMILES string of the molecule is CCOc1ccc(C(=O)NNC(=O)COc2ccccc2F)cc1. The number of hydrogen-bond acceptors (Lipinski definition) is 4. The largest absolute Gasteiger partial charge is 0.494 e. The third-order valence-corrected chi connectivity index (χ3v) is 2.94. The third kappa shape index (κ3) is 4.98. The van der Waals surface area contributed by atoms with E-state index in [1.807, 2.05) is 6.92 Å². The van der Waals surface area contributed by atoms with Gasteiger partial charge in [-0.05, 0) is 43.3 Å². The van der Waals surface area contributed by atoms with Gasteiger partial charge < -0.3 is 9.47 Å². The minimum atomic E-state index is -0.613. The highest BCUT2D eigenvalue weighted by Crippen LogP contribution is 2.15. The van der Waals surface area contributed by atoms with Crippen LogP contribution in [0.1, 0.15) is 17.3 Å². The van der Waals surface area contributed by atoms with E-state index in [1.54, 1.807) is 30.3 Å². The van der Waals surface area contributed by atoms with Gasteiger partial charge in [0.05, 0.1) is 6.61 Å². The number of hydrogen-bond donors (Lipinski definition) is 2. The molecule has 0 saturated heterocycles. The van der Waals surface area contributed by atoms with Crippen LogP contribution in [0.5, 0.6) is 11.5 Å². The van der Waals surface area contributed by atoms with Gasteiger partial charge in [-0.1, -0.05) is 12.1 Å². The molecule has 0 aliphatic heterocycles. The van der Waals surface area contributed by atoms with Crippen LogP contribution in [0.3, 0.4) is 0 Å². The zero-order valence-corrected chi connectivity index (χ0v) is 13.0. The Labute approximate surface area is 138 Å². The Kier molecular flexibility index (Phi) is 6.13. The van der Waals surface area contributed by atoms with E-state index in [0.29, 0.717) is 17.9 Å². The number of hydrazine groups is 1. The second-order valence-corrected chi connectivity index (χ2v) is 4.68. The number of halogens is 1. The average molecular weight is 332 g/mol. The summed E-state index contributed by atoms with van der Waals surface area (Å²) in [5.74, 6) is -1.06. The molecular formula is C17H17FN2O4. The molecule has 0 bridgehead atoms. The van der Waals surface area contributed by atoms with Crippen molar-refractivity contribution in [2.45, 2.75) is 6.92 Å². The molecule has 0 unspecified atom stereocenters. The van der Waals surface area contributed by atoms with Crippen molar-refractivity contribution in [3.8, 4) is 11.5 Å². The highest BCUT2D eigenvalue weighted by atomic mass is 19.1. The van der Waals surface area contributed by atoms with Gasteiger partial charge in [0.25, 0.3) is 11.8 Å². The van der Waals surface area contributed by atoms with Gasteiger partial charge in [0.15, 0.2) is 18.2 Å². The Morgan fingerprint density at radius 2 is 1.71 bits per heavy atom. The average Bonchev–Trinajstić information content (AvgIpc) is 2.60. The predicted octanol–water partition coefficient (Wildman–Crippen LogP) is 2.06. The van der Waals surface area contributed by atoms with Crippen LogP contribution in [0.2, 0.25) is 0 Å². The molecule has 0 fully saturated rings. The Morgan fingerprint density at radius 3 is 2.38 bits per heavy atom. The summed E-state index contributed by atoms with van der Waals surface area (Å²) < 4.78 is 23.6. The highest BCUT2D eigenvalue weighted by molar-refractivity contribution is 5.95. The lowest BCUT2D eigenvalue weighted by Crippen LogP contribution is -2.43. The van der Waals surface area contributed by atoms with Crippen LogP contribution in [0, 0.1) is 5.82 Å². The van der Waals surface area contributed by atoms with E-state index in [2.05, 4.69) is 10.9 Å². The van der Waals surface area contributed by atoms with Crippen LogP contribution in [0.25, 0.3) is 0 Å². The molecule has 0 saturated carbocycles. The number of para-hydroxylation sites is 1. The van der Waals surface area contributed by atoms with E-state index in [4.69, 9.17) is 9.47 Å². The maximum atomic E-state index is 13.3. The summed E-state index contributed by atoms with van der Waals surface area (Å²) >= 11 is 0. The van der Waals surface area contributed by atoms with Gasteiger partial charge in [0, 0.05) is 5.56 Å². The first-order valence-corrected chi connectivity index (χ1v) is 7.29. The van der Waals surface area contributed by atoms with Crippen LogP contribution >= 0.6 is 0 Å². The maximum absolute atomic E-state index is 13.3. The third-order valence-electron chi connectivity index (χ3n) is 2.94. The summed E-state index contributed by atoms with van der Waals surface area (Å²) in [5.41, 5.74) is 4.80. The van der Waals surface area contributed by atoms with Crippen molar-refractivity contribution in [3.05, 3.63) is 59.9 Å². The molecule has 2 rings (SSSR count). The van der Waals surface area contributed by atoms with Crippen molar-refractivity contribution in [1.29, 1.82) is 0 Å². The zero-order chi connectivity index (χ0) is 17.4. The lowest BCUT2D eigenvalue weighted by Gasteiger charge is -2.09. The molecule has 0 heterocycles. The van der Waals surface area contributed by atoms with Crippen molar-refractivity contribution < 1.29 is 23.5 Å². The summed E-state index contributed by atoms with van der Waals surface area (Å²) in [6, 6.07) is 12.2. The second-order valence-electron chi connectivity index (χ2n) is 4.68. The number of rotatable bonds is 6. The summed E-state index contributed by atoms with van der Waals surface area (Å²) in [6.07, 6.45) is 0. The molecule has 0 aliphatic carbocycles. The fourth-order valence-corrected chi connectivity index (χ4v) is 1.81. The fourth-order valence-electron chi connectivity index (χ4n) is 1.81. The molecule has 2 aromatic rings. The van der Waals surface area contributed by atoms with Crippen molar-refractivity contribution in [3.63, 3.8) is 0 Å². The molecule has 24 heavy (non-hydrogen) atoms. The molecular weight excluding hydrogens is 315 g/mol. The molecule has 2 aromatic carbocycles. The Hall–Kier alpha value is -3.09. The summed E-state index contributed by atoms with van der Waals surface area (Å²) in [4.78, 5) is 23.5. The molecule has 6 nitrogen and oxygen atoms in total. The zero-order valence-electron chi connectivity index (χ0n) is 13.0. The Bertz CT molecular complexity index is 704. The van der Waals surface area contributed by atoms with Crippen molar-refractivity contribution in [2.75, 3.05) is 13.2 Å². The first-order valence-electron chi connectivity index (χ1n) is 7.29. The molecule has 0 aromatic heterocycles. The van der Waals surface area contributed by atoms with Crippen LogP contribution < -0.4 is 20.3 Å². The number of amides is 2. The van der Waals surface area contributed by atoms with E-state index in [-0.39, 0.29) is 5.75 Å². The highest BCUT2D eigenvalue weighted by Gasteiger charge is 2.09. The van der Waals surface area contributed by atoms with Crippen LogP contribution in [0.15, 0.2) is 48.5 Å². The number of nitrogens with one attached hydrogen (secondary N) is 2. The van der Waals surface area contributed by atoms with Gasteiger partial charge in [0.2, 0.25) is 0 Å². The lowest BCUT2D eigenvalue weighted by atomic mass is 10.2. The normalized spacial score (nSPS) is 9.92. The Balaban J connectivity index is 1.78. The molecule has 126 valence electrons. The predicted molar refractivity (Wildman–Crippen MR) is 85.1 cm³/mol. The molecule has 7 heteroatoms. The number of carbonyl (C=O) groups is 2. The molecule has 0 radical (unpaired) electrons. The monoisotopic (exact) mass is 332 g/mol. The van der Waals surface area contributed by atoms with Crippen LogP contribution in [-0.4, -0.2) is 25.0 Å². The minimum Gasteiger partial charge on any atom is -0.494 e. The smallest absolute Gasteiger partial charge is 0.276 e. The summed E-state index contributed by atoms with van der Waals surface area (Å²) in [5, 5.41) is 0. The minimum absolute atomic E-state index is 0.0366. The Morgan fingerprint density at radius 1 is 1.00 bits per heavy atom. The molecule has 0 spiro atoms. The van der Waals surface area contributed by atoms with Gasteiger partial charge in [-0.15, -0.1) is 0 Å². The van der Waals surface area contributed by atoms with Gasteiger partial charge in [0.1, 0.15) is 5.75 Å². The van der Waals surface area contributed by atoms with Crippen molar-refractivity contribution in [1.82, 2.24) is 10.9 Å². The first-order chi connectivity index (χ1) is 11.6. The quantitative estimate of drug-likeness (QED) is 0.794. The molecule has 0 aliphatic rings. The van der Waals surface area contributed by atoms with Gasteiger partial charge in [-0.2, -0.15) is 0 Å². The summed E-state index contributed by atoms with van der Waals surface area (Å²) in [6.45, 7) is 1.97. The topological polar surface area (TPSA) is 76.7 Å². The maximum Gasteiger partial charge on any atom is 0.276 e. The van der Waals surface area contributed by atoms with E-state index < -0.39 is 24.2 Å². The van der Waals surface area contributed by atoms with E-state index in [1.165, 1.54) is 18.2 Å². The van der Waals surface area contributed by atoms with Gasteiger partial charge in [-0.25, -0.2) is 4.39 Å². The van der Waals surface area contributed by atoms with Crippen LogP contribution in [-0.2, 0) is 4.79 Å². The van der Waals surface area contributed by atoms with Crippen molar-refractivity contribution >= 4 is 11.8 Å². The number of carbonyl (C=O) groups excluding carboxylic acids is 2. The molecule has 2 amide bonds. The van der Waals surface area contributed by atoms with E-state index in [9.17, 15) is 14.0 Å². The van der Waals surface area contributed by atoms with Gasteiger partial charge >= 0.3 is 0 Å². The number of benzene rings is 2.